The maximum absolute atomic E-state index is 12.0. The van der Waals surface area contributed by atoms with Gasteiger partial charge in [0.25, 0.3) is 0 Å². The predicted octanol–water partition coefficient (Wildman–Crippen LogP) is 2.98. The van der Waals surface area contributed by atoms with Gasteiger partial charge in [0, 0.05) is 12.8 Å². The Balaban J connectivity index is 2.61. The highest BCUT2D eigenvalue weighted by atomic mass is 32.2. The summed E-state index contributed by atoms with van der Waals surface area (Å²) in [7, 11) is -3.12. The van der Waals surface area contributed by atoms with E-state index in [2.05, 4.69) is 0 Å². The number of Topliss-reactive ketones (excluding diaryl/α,β-unsaturated/α-hetero) is 1. The standard InChI is InChI=1S/C15H22O3S/c1-4-15(16)6-5-7-19(17,18)11-14-9-12(2)8-13(3)10-14/h8-10H,4-7,11H2,1-3H3. The third kappa shape index (κ3) is 6.01. The van der Waals surface area contributed by atoms with Gasteiger partial charge in [-0.25, -0.2) is 8.42 Å². The molecule has 0 aromatic heterocycles. The van der Waals surface area contributed by atoms with E-state index in [1.54, 1.807) is 6.92 Å². The smallest absolute Gasteiger partial charge is 0.154 e. The van der Waals surface area contributed by atoms with Crippen LogP contribution >= 0.6 is 0 Å². The zero-order chi connectivity index (χ0) is 14.5. The second-order valence-electron chi connectivity index (χ2n) is 5.08. The number of benzene rings is 1. The van der Waals surface area contributed by atoms with Crippen molar-refractivity contribution in [1.29, 1.82) is 0 Å². The molecule has 106 valence electrons. The van der Waals surface area contributed by atoms with Crippen LogP contribution in [0.25, 0.3) is 0 Å². The minimum atomic E-state index is -3.12. The second kappa shape index (κ2) is 6.85. The van der Waals surface area contributed by atoms with Crippen molar-refractivity contribution >= 4 is 15.6 Å². The van der Waals surface area contributed by atoms with Crippen LogP contribution in [-0.2, 0) is 20.4 Å². The van der Waals surface area contributed by atoms with Crippen LogP contribution in [0.4, 0.5) is 0 Å². The Kier molecular flexibility index (Phi) is 5.73. The van der Waals surface area contributed by atoms with Gasteiger partial charge in [0.05, 0.1) is 11.5 Å². The van der Waals surface area contributed by atoms with Crippen molar-refractivity contribution < 1.29 is 13.2 Å². The van der Waals surface area contributed by atoms with Crippen molar-refractivity contribution in [1.82, 2.24) is 0 Å². The van der Waals surface area contributed by atoms with Gasteiger partial charge in [-0.1, -0.05) is 36.2 Å². The van der Waals surface area contributed by atoms with Gasteiger partial charge in [-0.3, -0.25) is 4.79 Å². The zero-order valence-corrected chi connectivity index (χ0v) is 12.7. The van der Waals surface area contributed by atoms with Crippen LogP contribution in [0.5, 0.6) is 0 Å². The number of hydrogen-bond donors (Lipinski definition) is 0. The van der Waals surface area contributed by atoms with Crippen LogP contribution in [0.15, 0.2) is 18.2 Å². The molecule has 19 heavy (non-hydrogen) atoms. The summed E-state index contributed by atoms with van der Waals surface area (Å²) in [6.45, 7) is 5.72. The number of carbonyl (C=O) groups is 1. The SMILES string of the molecule is CCC(=O)CCCS(=O)(=O)Cc1cc(C)cc(C)c1. The van der Waals surface area contributed by atoms with Crippen LogP contribution < -0.4 is 0 Å². The van der Waals surface area contributed by atoms with Gasteiger partial charge in [0.15, 0.2) is 9.84 Å². The van der Waals surface area contributed by atoms with Crippen molar-refractivity contribution in [3.8, 4) is 0 Å². The molecule has 0 unspecified atom stereocenters. The van der Waals surface area contributed by atoms with E-state index in [0.29, 0.717) is 19.3 Å². The summed E-state index contributed by atoms with van der Waals surface area (Å²) in [5.74, 6) is 0.281. The average molecular weight is 282 g/mol. The molecule has 4 heteroatoms. The third-order valence-electron chi connectivity index (χ3n) is 2.97. The predicted molar refractivity (Wildman–Crippen MR) is 77.9 cm³/mol. The van der Waals surface area contributed by atoms with E-state index in [1.165, 1.54) is 0 Å². The van der Waals surface area contributed by atoms with Crippen LogP contribution in [0.2, 0.25) is 0 Å². The molecule has 0 amide bonds. The van der Waals surface area contributed by atoms with Crippen molar-refractivity contribution in [2.24, 2.45) is 0 Å². The Morgan fingerprint density at radius 1 is 1.11 bits per heavy atom. The van der Waals surface area contributed by atoms with Crippen LogP contribution in [0, 0.1) is 13.8 Å². The van der Waals surface area contributed by atoms with E-state index in [1.807, 2.05) is 32.0 Å². The molecule has 0 fully saturated rings. The zero-order valence-electron chi connectivity index (χ0n) is 11.9. The highest BCUT2D eigenvalue weighted by Crippen LogP contribution is 2.13. The summed E-state index contributed by atoms with van der Waals surface area (Å²) in [5, 5.41) is 0. The summed E-state index contributed by atoms with van der Waals surface area (Å²) in [5.41, 5.74) is 2.98. The number of carbonyl (C=O) groups excluding carboxylic acids is 1. The van der Waals surface area contributed by atoms with Crippen LogP contribution in [0.1, 0.15) is 42.9 Å². The van der Waals surface area contributed by atoms with Gasteiger partial charge in [0.1, 0.15) is 5.78 Å². The monoisotopic (exact) mass is 282 g/mol. The Bertz CT molecular complexity index is 524. The minimum absolute atomic E-state index is 0.0653. The lowest BCUT2D eigenvalue weighted by atomic mass is 10.1. The molecule has 0 aliphatic carbocycles. The molecule has 3 nitrogen and oxygen atoms in total. The lowest BCUT2D eigenvalue weighted by Gasteiger charge is -2.06. The van der Waals surface area contributed by atoms with Gasteiger partial charge < -0.3 is 0 Å². The molecule has 0 bridgehead atoms. The fourth-order valence-corrected chi connectivity index (χ4v) is 3.55. The average Bonchev–Trinajstić information content (AvgIpc) is 2.26. The fourth-order valence-electron chi connectivity index (χ4n) is 2.14. The van der Waals surface area contributed by atoms with Crippen molar-refractivity contribution in [2.75, 3.05) is 5.75 Å². The number of ketones is 1. The van der Waals surface area contributed by atoms with E-state index in [-0.39, 0.29) is 17.3 Å². The molecule has 0 saturated heterocycles. The Morgan fingerprint density at radius 3 is 2.21 bits per heavy atom. The van der Waals surface area contributed by atoms with E-state index in [9.17, 15) is 13.2 Å². The molecule has 0 aliphatic heterocycles. The van der Waals surface area contributed by atoms with E-state index in [0.717, 1.165) is 16.7 Å². The number of sulfone groups is 1. The number of rotatable bonds is 7. The van der Waals surface area contributed by atoms with Gasteiger partial charge >= 0.3 is 0 Å². The Morgan fingerprint density at radius 2 is 1.68 bits per heavy atom. The molecule has 0 aliphatic rings. The largest absolute Gasteiger partial charge is 0.300 e. The van der Waals surface area contributed by atoms with E-state index >= 15 is 0 Å². The Hall–Kier alpha value is -1.16. The lowest BCUT2D eigenvalue weighted by Crippen LogP contribution is -2.11. The molecule has 1 rings (SSSR count). The van der Waals surface area contributed by atoms with Crippen molar-refractivity contribution in [3.05, 3.63) is 34.9 Å². The van der Waals surface area contributed by atoms with Crippen molar-refractivity contribution in [3.63, 3.8) is 0 Å². The van der Waals surface area contributed by atoms with Gasteiger partial charge in [-0.2, -0.15) is 0 Å². The summed E-state index contributed by atoms with van der Waals surface area (Å²) in [4.78, 5) is 11.2. The van der Waals surface area contributed by atoms with E-state index in [4.69, 9.17) is 0 Å². The van der Waals surface area contributed by atoms with Crippen LogP contribution in [-0.4, -0.2) is 20.0 Å². The quantitative estimate of drug-likeness (QED) is 0.772. The topological polar surface area (TPSA) is 51.2 Å². The highest BCUT2D eigenvalue weighted by molar-refractivity contribution is 7.90. The normalized spacial score (nSPS) is 11.5. The summed E-state index contributed by atoms with van der Waals surface area (Å²) in [6.07, 6.45) is 1.28. The third-order valence-corrected chi connectivity index (χ3v) is 4.66. The summed E-state index contributed by atoms with van der Waals surface area (Å²) < 4.78 is 24.0. The van der Waals surface area contributed by atoms with E-state index < -0.39 is 9.84 Å². The molecule has 0 heterocycles. The maximum atomic E-state index is 12.0. The van der Waals surface area contributed by atoms with Gasteiger partial charge in [-0.05, 0) is 25.8 Å². The first-order chi connectivity index (χ1) is 8.82. The van der Waals surface area contributed by atoms with Crippen molar-refractivity contribution in [2.45, 2.75) is 45.8 Å². The molecule has 1 aromatic carbocycles. The maximum Gasteiger partial charge on any atom is 0.154 e. The molecule has 0 atom stereocenters. The molecule has 0 saturated carbocycles. The molecular weight excluding hydrogens is 260 g/mol. The number of aryl methyl sites for hydroxylation is 2. The molecular formula is C15H22O3S. The second-order valence-corrected chi connectivity index (χ2v) is 7.27. The lowest BCUT2D eigenvalue weighted by molar-refractivity contribution is -0.118. The summed E-state index contributed by atoms with van der Waals surface area (Å²) in [6, 6.07) is 5.83. The first-order valence-electron chi connectivity index (χ1n) is 6.61. The molecule has 1 aromatic rings. The minimum Gasteiger partial charge on any atom is -0.300 e. The van der Waals surface area contributed by atoms with Gasteiger partial charge in [-0.15, -0.1) is 0 Å². The molecule has 0 N–H and O–H groups in total. The number of hydrogen-bond acceptors (Lipinski definition) is 3. The highest BCUT2D eigenvalue weighted by Gasteiger charge is 2.13. The Labute approximate surface area is 116 Å². The first-order valence-corrected chi connectivity index (χ1v) is 8.44. The molecule has 0 spiro atoms. The fraction of sp³-hybridized carbons (Fsp3) is 0.533. The summed E-state index contributed by atoms with van der Waals surface area (Å²) >= 11 is 0. The van der Waals surface area contributed by atoms with Crippen LogP contribution in [0.3, 0.4) is 0 Å². The first kappa shape index (κ1) is 15.9. The van der Waals surface area contributed by atoms with Gasteiger partial charge in [0.2, 0.25) is 0 Å². The molecule has 0 radical (unpaired) electrons.